The molecule has 0 atom stereocenters. The summed E-state index contributed by atoms with van der Waals surface area (Å²) in [5.41, 5.74) is 3.50. The standard InChI is InChI=1S/C62H96N2O23/c1-67-13-16-70-19-22-73-25-28-76-31-34-79-37-40-82-43-46-85-60-49-53(55-10-12-57(64-55)59(66)51-58(65)56-11-9-54(63-56)52-7-5-4-6-8-52)50-61(86-47-44-83-41-38-80-35-32-77-29-26-74-23-20-71-17-14-68-2)62(60)87-48-45-84-42-39-81-36-33-78-30-27-75-24-21-72-18-15-69-3/h4-12,49-50,63-64H,13-48,51H2,1-3H3. The lowest BCUT2D eigenvalue weighted by molar-refractivity contribution is -0.0165. The number of carbonyl (C=O) groups excluding carboxylic acids is 2. The first kappa shape index (κ1) is 74.5. The van der Waals surface area contributed by atoms with E-state index < -0.39 is 0 Å². The van der Waals surface area contributed by atoms with Crippen LogP contribution in [0, 0.1) is 0 Å². The van der Waals surface area contributed by atoms with Gasteiger partial charge in [-0.2, -0.15) is 0 Å². The average Bonchev–Trinajstić information content (AvgIpc) is 2.74. The summed E-state index contributed by atoms with van der Waals surface area (Å²) in [5.74, 6) is 0.298. The number of aromatic amines is 2. The predicted molar refractivity (Wildman–Crippen MR) is 320 cm³/mol. The van der Waals surface area contributed by atoms with E-state index in [9.17, 15) is 9.59 Å². The van der Waals surface area contributed by atoms with E-state index in [1.54, 1.807) is 51.7 Å². The predicted octanol–water partition coefficient (Wildman–Crippen LogP) is 5.46. The van der Waals surface area contributed by atoms with Gasteiger partial charge in [0.25, 0.3) is 0 Å². The Morgan fingerprint density at radius 3 is 0.828 bits per heavy atom. The van der Waals surface area contributed by atoms with Crippen LogP contribution in [0.5, 0.6) is 17.2 Å². The SMILES string of the molecule is COCCOCCOCCOCCOCCOCCOc1cc(-c2ccc(C(=O)CC(=O)c3ccc(-c4ccccc4)[nH]3)[nH]2)cc(OCCOCCOCCOCCOCCOCCOC)c1OCCOCCOCCOCCOCCOCCOC. The Morgan fingerprint density at radius 1 is 0.287 bits per heavy atom. The molecule has 2 heterocycles. The molecule has 25 nitrogen and oxygen atoms in total. The Hall–Kier alpha value is -4.98. The van der Waals surface area contributed by atoms with Gasteiger partial charge in [-0.25, -0.2) is 0 Å². The summed E-state index contributed by atoms with van der Waals surface area (Å²) < 4.78 is 118. The molecule has 2 N–H and O–H groups in total. The van der Waals surface area contributed by atoms with E-state index in [0.29, 0.717) is 232 Å². The van der Waals surface area contributed by atoms with Crippen molar-refractivity contribution >= 4 is 11.6 Å². The maximum Gasteiger partial charge on any atom is 0.203 e. The third-order valence-electron chi connectivity index (χ3n) is 11.9. The first-order valence-corrected chi connectivity index (χ1v) is 29.7. The van der Waals surface area contributed by atoms with E-state index in [2.05, 4.69) is 9.97 Å². The molecule has 2 aromatic heterocycles. The summed E-state index contributed by atoms with van der Waals surface area (Å²) in [5, 5.41) is 0. The highest BCUT2D eigenvalue weighted by Gasteiger charge is 2.21. The highest BCUT2D eigenvalue weighted by Crippen LogP contribution is 2.42. The van der Waals surface area contributed by atoms with Crippen LogP contribution < -0.4 is 14.2 Å². The van der Waals surface area contributed by atoms with Crippen LogP contribution in [0.1, 0.15) is 27.4 Å². The summed E-state index contributed by atoms with van der Waals surface area (Å²) in [4.78, 5) is 33.3. The molecule has 0 aliphatic heterocycles. The Morgan fingerprint density at radius 2 is 0.540 bits per heavy atom. The molecule has 0 spiro atoms. The fourth-order valence-corrected chi connectivity index (χ4v) is 7.49. The number of H-pyrrole nitrogens is 2. The second kappa shape index (κ2) is 52.9. The average molecular weight is 1240 g/mol. The molecule has 0 saturated carbocycles. The number of rotatable bonds is 63. The first-order valence-electron chi connectivity index (χ1n) is 29.7. The molecule has 4 aromatic rings. The minimum Gasteiger partial charge on any atom is -0.487 e. The van der Waals surface area contributed by atoms with E-state index >= 15 is 0 Å². The Labute approximate surface area is 512 Å². The third kappa shape index (κ3) is 36.9. The number of ether oxygens (including phenoxy) is 21. The van der Waals surface area contributed by atoms with Crippen molar-refractivity contribution in [3.63, 3.8) is 0 Å². The number of methoxy groups -OCH3 is 3. The molecule has 25 heteroatoms. The van der Waals surface area contributed by atoms with Crippen LogP contribution in [0.3, 0.4) is 0 Å². The number of Topliss-reactive ketones (excluding diaryl/α,β-unsaturated/α-hetero) is 2. The van der Waals surface area contributed by atoms with Gasteiger partial charge in [0.05, 0.1) is 236 Å². The van der Waals surface area contributed by atoms with Crippen molar-refractivity contribution in [1.82, 2.24) is 9.97 Å². The zero-order valence-electron chi connectivity index (χ0n) is 51.4. The van der Waals surface area contributed by atoms with Gasteiger partial charge in [-0.1, -0.05) is 30.3 Å². The van der Waals surface area contributed by atoms with Crippen LogP contribution in [0.15, 0.2) is 66.7 Å². The van der Waals surface area contributed by atoms with Crippen molar-refractivity contribution in [3.05, 3.63) is 78.1 Å². The second-order valence-corrected chi connectivity index (χ2v) is 18.5. The lowest BCUT2D eigenvalue weighted by Crippen LogP contribution is -2.16. The molecule has 0 bridgehead atoms. The van der Waals surface area contributed by atoms with E-state index in [4.69, 9.17) is 99.5 Å². The largest absolute Gasteiger partial charge is 0.487 e. The highest BCUT2D eigenvalue weighted by molar-refractivity contribution is 6.12. The lowest BCUT2D eigenvalue weighted by atomic mass is 10.1. The quantitative estimate of drug-likeness (QED) is 0.0316. The summed E-state index contributed by atoms with van der Waals surface area (Å²) in [6.07, 6.45) is -0.348. The summed E-state index contributed by atoms with van der Waals surface area (Å²) in [6, 6.07) is 20.1. The highest BCUT2D eigenvalue weighted by atomic mass is 16.6. The molecule has 87 heavy (non-hydrogen) atoms. The second-order valence-electron chi connectivity index (χ2n) is 18.5. The van der Waals surface area contributed by atoms with Crippen LogP contribution in [0.4, 0.5) is 0 Å². The van der Waals surface area contributed by atoms with Crippen molar-refractivity contribution in [1.29, 1.82) is 0 Å². The number of benzene rings is 2. The fourth-order valence-electron chi connectivity index (χ4n) is 7.49. The van der Waals surface area contributed by atoms with E-state index in [0.717, 1.165) is 11.3 Å². The molecule has 0 amide bonds. The third-order valence-corrected chi connectivity index (χ3v) is 11.9. The Bertz CT molecular complexity index is 2190. The monoisotopic (exact) mass is 1240 g/mol. The summed E-state index contributed by atoms with van der Waals surface area (Å²) in [6.45, 7) is 14.5. The number of ketones is 2. The van der Waals surface area contributed by atoms with Gasteiger partial charge in [-0.05, 0) is 42.0 Å². The van der Waals surface area contributed by atoms with Crippen molar-refractivity contribution in [2.75, 3.05) is 259 Å². The van der Waals surface area contributed by atoms with Crippen molar-refractivity contribution in [3.8, 4) is 39.8 Å². The van der Waals surface area contributed by atoms with Crippen LogP contribution >= 0.6 is 0 Å². The molecule has 0 aliphatic carbocycles. The van der Waals surface area contributed by atoms with Gasteiger partial charge in [0.1, 0.15) is 19.8 Å². The molecule has 492 valence electrons. The smallest absolute Gasteiger partial charge is 0.203 e. The maximum absolute atomic E-state index is 13.6. The van der Waals surface area contributed by atoms with Crippen molar-refractivity contribution in [2.45, 2.75) is 6.42 Å². The molecule has 0 saturated heterocycles. The van der Waals surface area contributed by atoms with Crippen LogP contribution in [0.25, 0.3) is 22.5 Å². The number of hydrogen-bond donors (Lipinski definition) is 2. The molecular weight excluding hydrogens is 1140 g/mol. The Kier molecular flexibility index (Phi) is 45.3. The van der Waals surface area contributed by atoms with Crippen molar-refractivity contribution < 1.29 is 109 Å². The Balaban J connectivity index is 1.32. The van der Waals surface area contributed by atoms with E-state index in [1.807, 2.05) is 36.4 Å². The van der Waals surface area contributed by atoms with Gasteiger partial charge in [0.15, 0.2) is 23.1 Å². The number of aromatic nitrogens is 2. The van der Waals surface area contributed by atoms with Gasteiger partial charge in [-0.3, -0.25) is 9.59 Å². The van der Waals surface area contributed by atoms with Gasteiger partial charge in [0.2, 0.25) is 5.75 Å². The van der Waals surface area contributed by atoms with Gasteiger partial charge in [-0.15, -0.1) is 0 Å². The normalized spacial score (nSPS) is 11.5. The lowest BCUT2D eigenvalue weighted by Gasteiger charge is -2.19. The first-order chi connectivity index (χ1) is 43.0. The summed E-state index contributed by atoms with van der Waals surface area (Å²) >= 11 is 0. The summed E-state index contributed by atoms with van der Waals surface area (Å²) in [7, 11) is 4.89. The zero-order chi connectivity index (χ0) is 61.6. The molecule has 0 fully saturated rings. The minimum absolute atomic E-state index is 0.138. The number of hydrogen-bond acceptors (Lipinski definition) is 23. The van der Waals surface area contributed by atoms with E-state index in [-0.39, 0.29) is 63.3 Å². The van der Waals surface area contributed by atoms with Crippen molar-refractivity contribution in [2.24, 2.45) is 0 Å². The molecule has 0 unspecified atom stereocenters. The molecule has 4 rings (SSSR count). The molecule has 0 aliphatic rings. The molecular formula is C62H96N2O23. The molecule has 0 radical (unpaired) electrons. The number of carbonyl (C=O) groups is 2. The van der Waals surface area contributed by atoms with Gasteiger partial charge < -0.3 is 109 Å². The van der Waals surface area contributed by atoms with Gasteiger partial charge in [0, 0.05) is 38.3 Å². The number of nitrogens with one attached hydrogen (secondary N) is 2. The van der Waals surface area contributed by atoms with E-state index in [1.165, 1.54) is 0 Å². The van der Waals surface area contributed by atoms with Crippen LogP contribution in [-0.2, 0) is 85.3 Å². The fraction of sp³-hybridized carbons (Fsp3) is 0.645. The van der Waals surface area contributed by atoms with Crippen LogP contribution in [-0.4, -0.2) is 281 Å². The topological polar surface area (TPSA) is 260 Å². The van der Waals surface area contributed by atoms with Crippen LogP contribution in [0.2, 0.25) is 0 Å². The zero-order valence-corrected chi connectivity index (χ0v) is 51.4. The molecule has 2 aromatic carbocycles. The maximum atomic E-state index is 13.6. The van der Waals surface area contributed by atoms with Gasteiger partial charge >= 0.3 is 0 Å². The minimum atomic E-state index is -0.379.